The fourth-order valence-corrected chi connectivity index (χ4v) is 2.07. The van der Waals surface area contributed by atoms with E-state index in [0.717, 1.165) is 25.7 Å². The van der Waals surface area contributed by atoms with Crippen LogP contribution in [0.4, 0.5) is 0 Å². The summed E-state index contributed by atoms with van der Waals surface area (Å²) in [5.41, 5.74) is -1.19. The molecule has 0 aromatic heterocycles. The van der Waals surface area contributed by atoms with E-state index in [-0.39, 0.29) is 5.92 Å². The average Bonchev–Trinajstić information content (AvgIpc) is 1.83. The minimum absolute atomic E-state index is 0.251. The molecule has 0 aromatic rings. The molecule has 0 heterocycles. The van der Waals surface area contributed by atoms with Crippen LogP contribution in [-0.2, 0) is 0 Å². The van der Waals surface area contributed by atoms with E-state index >= 15 is 0 Å². The van der Waals surface area contributed by atoms with Crippen LogP contribution in [0.5, 0.6) is 0 Å². The molecule has 2 unspecified atom stereocenters. The third kappa shape index (κ3) is 2.46. The largest absolute Gasteiger partial charge is 0.390 e. The molecule has 2 atom stereocenters. The van der Waals surface area contributed by atoms with E-state index in [1.165, 1.54) is 0 Å². The lowest BCUT2D eigenvalue weighted by Crippen LogP contribution is -2.41. The van der Waals surface area contributed by atoms with Crippen molar-refractivity contribution in [2.24, 2.45) is 5.92 Å². The summed E-state index contributed by atoms with van der Waals surface area (Å²) in [6.45, 7) is 5.53. The summed E-state index contributed by atoms with van der Waals surface area (Å²) >= 11 is 0. The van der Waals surface area contributed by atoms with Crippen LogP contribution in [0.25, 0.3) is 0 Å². The zero-order valence-electron chi connectivity index (χ0n) is 8.30. The molecule has 2 N–H and O–H groups in total. The van der Waals surface area contributed by atoms with E-state index in [0.29, 0.717) is 0 Å². The summed E-state index contributed by atoms with van der Waals surface area (Å²) in [5, 5.41) is 19.6. The first kappa shape index (κ1) is 10.0. The summed E-state index contributed by atoms with van der Waals surface area (Å²) in [6.07, 6.45) is 3.68. The van der Waals surface area contributed by atoms with Gasteiger partial charge in [-0.05, 0) is 46.0 Å². The SMILES string of the molecule is CC1(O)CCCC(C(C)(C)O)C1. The van der Waals surface area contributed by atoms with E-state index in [4.69, 9.17) is 0 Å². The van der Waals surface area contributed by atoms with E-state index in [9.17, 15) is 10.2 Å². The molecule has 12 heavy (non-hydrogen) atoms. The van der Waals surface area contributed by atoms with Gasteiger partial charge >= 0.3 is 0 Å². The normalized spacial score (nSPS) is 38.2. The Morgan fingerprint density at radius 1 is 1.42 bits per heavy atom. The highest BCUT2D eigenvalue weighted by molar-refractivity contribution is 4.89. The molecule has 0 aliphatic heterocycles. The van der Waals surface area contributed by atoms with Crippen LogP contribution in [0.2, 0.25) is 0 Å². The highest BCUT2D eigenvalue weighted by Gasteiger charge is 2.36. The Morgan fingerprint density at radius 2 is 2.00 bits per heavy atom. The number of aliphatic hydroxyl groups is 2. The van der Waals surface area contributed by atoms with Crippen LogP contribution < -0.4 is 0 Å². The van der Waals surface area contributed by atoms with Crippen molar-refractivity contribution < 1.29 is 10.2 Å². The average molecular weight is 172 g/mol. The molecule has 1 aliphatic rings. The molecule has 1 fully saturated rings. The van der Waals surface area contributed by atoms with Gasteiger partial charge in [-0.2, -0.15) is 0 Å². The van der Waals surface area contributed by atoms with Gasteiger partial charge in [-0.15, -0.1) is 0 Å². The summed E-state index contributed by atoms with van der Waals surface area (Å²) in [7, 11) is 0. The van der Waals surface area contributed by atoms with Gasteiger partial charge in [0.15, 0.2) is 0 Å². The lowest BCUT2D eigenvalue weighted by Gasteiger charge is -2.39. The van der Waals surface area contributed by atoms with Crippen molar-refractivity contribution in [2.75, 3.05) is 0 Å². The van der Waals surface area contributed by atoms with Crippen LogP contribution in [0.3, 0.4) is 0 Å². The summed E-state index contributed by atoms with van der Waals surface area (Å²) in [4.78, 5) is 0. The lowest BCUT2D eigenvalue weighted by atomic mass is 9.72. The van der Waals surface area contributed by atoms with E-state index in [2.05, 4.69) is 0 Å². The molecule has 0 amide bonds. The van der Waals surface area contributed by atoms with Crippen LogP contribution in [0, 0.1) is 5.92 Å². The Bertz CT molecular complexity index is 152. The Kier molecular flexibility index (Phi) is 2.50. The first-order valence-corrected chi connectivity index (χ1v) is 4.76. The molecule has 0 bridgehead atoms. The van der Waals surface area contributed by atoms with Gasteiger partial charge in [-0.25, -0.2) is 0 Å². The maximum absolute atomic E-state index is 9.80. The standard InChI is InChI=1S/C10H20O2/c1-9(2,11)8-5-4-6-10(3,12)7-8/h8,11-12H,4-7H2,1-3H3. The quantitative estimate of drug-likeness (QED) is 0.632. The van der Waals surface area contributed by atoms with E-state index < -0.39 is 11.2 Å². The minimum atomic E-state index is -0.635. The highest BCUT2D eigenvalue weighted by atomic mass is 16.3. The highest BCUT2D eigenvalue weighted by Crippen LogP contribution is 2.37. The monoisotopic (exact) mass is 172 g/mol. The molecule has 0 radical (unpaired) electrons. The number of hydrogen-bond donors (Lipinski definition) is 2. The second kappa shape index (κ2) is 3.00. The Labute approximate surface area is 74.6 Å². The molecule has 1 saturated carbocycles. The minimum Gasteiger partial charge on any atom is -0.390 e. The maximum atomic E-state index is 9.80. The summed E-state index contributed by atoms with van der Waals surface area (Å²) in [6, 6.07) is 0. The molecule has 0 aromatic carbocycles. The van der Waals surface area contributed by atoms with E-state index in [1.807, 2.05) is 20.8 Å². The van der Waals surface area contributed by atoms with Crippen molar-refractivity contribution in [1.29, 1.82) is 0 Å². The maximum Gasteiger partial charge on any atom is 0.0623 e. The van der Waals surface area contributed by atoms with Gasteiger partial charge in [0.2, 0.25) is 0 Å². The fourth-order valence-electron chi connectivity index (χ4n) is 2.07. The first-order chi connectivity index (χ1) is 5.31. The zero-order chi connectivity index (χ0) is 9.41. The summed E-state index contributed by atoms with van der Waals surface area (Å²) < 4.78 is 0. The van der Waals surface area contributed by atoms with Gasteiger partial charge in [-0.1, -0.05) is 6.42 Å². The third-order valence-corrected chi connectivity index (χ3v) is 2.95. The predicted molar refractivity (Wildman–Crippen MR) is 48.9 cm³/mol. The molecule has 0 saturated heterocycles. The molecule has 2 nitrogen and oxygen atoms in total. The van der Waals surface area contributed by atoms with Gasteiger partial charge in [-0.3, -0.25) is 0 Å². The van der Waals surface area contributed by atoms with Crippen LogP contribution in [0.1, 0.15) is 46.5 Å². The first-order valence-electron chi connectivity index (χ1n) is 4.76. The molecule has 1 rings (SSSR count). The summed E-state index contributed by atoms with van der Waals surface area (Å²) in [5.74, 6) is 0.251. The molecule has 1 aliphatic carbocycles. The molecular formula is C10H20O2. The van der Waals surface area contributed by atoms with Crippen molar-refractivity contribution in [3.8, 4) is 0 Å². The van der Waals surface area contributed by atoms with Gasteiger partial charge in [0.05, 0.1) is 11.2 Å². The Hall–Kier alpha value is -0.0800. The predicted octanol–water partition coefficient (Wildman–Crippen LogP) is 1.70. The second-order valence-electron chi connectivity index (χ2n) is 4.94. The van der Waals surface area contributed by atoms with Gasteiger partial charge in [0.25, 0.3) is 0 Å². The number of hydrogen-bond acceptors (Lipinski definition) is 2. The lowest BCUT2D eigenvalue weighted by molar-refractivity contribution is -0.0667. The van der Waals surface area contributed by atoms with Crippen LogP contribution in [0.15, 0.2) is 0 Å². The molecular weight excluding hydrogens is 152 g/mol. The van der Waals surface area contributed by atoms with Crippen LogP contribution >= 0.6 is 0 Å². The van der Waals surface area contributed by atoms with Crippen LogP contribution in [-0.4, -0.2) is 21.4 Å². The number of rotatable bonds is 1. The van der Waals surface area contributed by atoms with Crippen molar-refractivity contribution >= 4 is 0 Å². The molecule has 0 spiro atoms. The van der Waals surface area contributed by atoms with Crippen molar-refractivity contribution in [3.63, 3.8) is 0 Å². The fraction of sp³-hybridized carbons (Fsp3) is 1.00. The van der Waals surface area contributed by atoms with Crippen molar-refractivity contribution in [1.82, 2.24) is 0 Å². The van der Waals surface area contributed by atoms with Gasteiger partial charge < -0.3 is 10.2 Å². The second-order valence-corrected chi connectivity index (χ2v) is 4.94. The van der Waals surface area contributed by atoms with E-state index in [1.54, 1.807) is 0 Å². The third-order valence-electron chi connectivity index (χ3n) is 2.95. The molecule has 72 valence electrons. The molecule has 2 heteroatoms. The smallest absolute Gasteiger partial charge is 0.0623 e. The van der Waals surface area contributed by atoms with Gasteiger partial charge in [0.1, 0.15) is 0 Å². The van der Waals surface area contributed by atoms with Crippen molar-refractivity contribution in [3.05, 3.63) is 0 Å². The zero-order valence-corrected chi connectivity index (χ0v) is 8.30. The topological polar surface area (TPSA) is 40.5 Å². The van der Waals surface area contributed by atoms with Crippen molar-refractivity contribution in [2.45, 2.75) is 57.7 Å². The Balaban J connectivity index is 2.58. The van der Waals surface area contributed by atoms with Gasteiger partial charge in [0, 0.05) is 0 Å². The Morgan fingerprint density at radius 3 is 2.33 bits per heavy atom.